The predicted molar refractivity (Wildman–Crippen MR) is 150 cm³/mol. The first kappa shape index (κ1) is 24.4. The number of fused-ring (bicyclic) bond motifs is 1. The zero-order valence-electron chi connectivity index (χ0n) is 21.1. The number of aryl methyl sites for hydroxylation is 1. The Morgan fingerprint density at radius 2 is 1.83 bits per heavy atom. The molecule has 0 aliphatic carbocycles. The normalized spacial score (nSPS) is 15.4. The number of aromatic nitrogens is 2. The smallest absolute Gasteiger partial charge is 0.241 e. The van der Waals surface area contributed by atoms with E-state index in [1.807, 2.05) is 43.6 Å². The van der Waals surface area contributed by atoms with E-state index in [9.17, 15) is 4.79 Å². The molecule has 7 heteroatoms. The first-order chi connectivity index (χ1) is 17.5. The molecule has 1 atom stereocenters. The molecular formula is C29H33N5OS. The number of benzene rings is 2. The standard InChI is InChI=1S/C29H33N5OS/c1-20-4-9-26-27(18-20)36-29(32-26)23-5-7-24(8-6-23)31-28(35)21(2)33(3)19-22-12-16-34(17-13-22)25-10-14-30-15-11-25/h4-11,14-15,18,21-22H,12-13,16-17,19H2,1-3H3,(H,31,35). The Morgan fingerprint density at radius 3 is 2.56 bits per heavy atom. The Morgan fingerprint density at radius 1 is 1.11 bits per heavy atom. The highest BCUT2D eigenvalue weighted by Crippen LogP contribution is 2.31. The third kappa shape index (κ3) is 5.58. The van der Waals surface area contributed by atoms with Crippen molar-refractivity contribution in [2.75, 3.05) is 36.9 Å². The van der Waals surface area contributed by atoms with Crippen LogP contribution in [0.2, 0.25) is 0 Å². The van der Waals surface area contributed by atoms with Crippen LogP contribution < -0.4 is 10.2 Å². The van der Waals surface area contributed by atoms with Crippen molar-refractivity contribution in [3.63, 3.8) is 0 Å². The van der Waals surface area contributed by atoms with Gasteiger partial charge in [-0.3, -0.25) is 14.7 Å². The molecule has 0 bridgehead atoms. The average Bonchev–Trinajstić information content (AvgIpc) is 3.33. The number of likely N-dealkylation sites (N-methyl/N-ethyl adjacent to an activating group) is 1. The number of pyridine rings is 1. The number of thiazole rings is 1. The van der Waals surface area contributed by atoms with E-state index in [-0.39, 0.29) is 11.9 Å². The Bertz CT molecular complexity index is 1310. The van der Waals surface area contributed by atoms with Gasteiger partial charge >= 0.3 is 0 Å². The highest BCUT2D eigenvalue weighted by Gasteiger charge is 2.25. The largest absolute Gasteiger partial charge is 0.371 e. The molecule has 1 aliphatic rings. The van der Waals surface area contributed by atoms with Gasteiger partial charge in [0.1, 0.15) is 5.01 Å². The fraction of sp³-hybridized carbons (Fsp3) is 0.345. The molecule has 1 fully saturated rings. The van der Waals surface area contributed by atoms with Crippen LogP contribution in [0.1, 0.15) is 25.3 Å². The topological polar surface area (TPSA) is 61.4 Å². The summed E-state index contributed by atoms with van der Waals surface area (Å²) in [6.45, 7) is 7.10. The number of hydrogen-bond donors (Lipinski definition) is 1. The molecule has 1 aliphatic heterocycles. The summed E-state index contributed by atoms with van der Waals surface area (Å²) in [5.41, 5.74) is 5.39. The molecule has 186 valence electrons. The molecular weight excluding hydrogens is 466 g/mol. The molecule has 0 saturated carbocycles. The predicted octanol–water partition coefficient (Wildman–Crippen LogP) is 5.84. The lowest BCUT2D eigenvalue weighted by Gasteiger charge is -2.36. The summed E-state index contributed by atoms with van der Waals surface area (Å²) in [5, 5.41) is 4.09. The van der Waals surface area contributed by atoms with Gasteiger partial charge in [-0.25, -0.2) is 4.98 Å². The van der Waals surface area contributed by atoms with E-state index in [1.165, 1.54) is 16.0 Å². The molecule has 1 N–H and O–H groups in total. The van der Waals surface area contributed by atoms with Gasteiger partial charge in [0.25, 0.3) is 0 Å². The summed E-state index contributed by atoms with van der Waals surface area (Å²) in [5.74, 6) is 0.621. The summed E-state index contributed by atoms with van der Waals surface area (Å²) in [6.07, 6.45) is 5.97. The van der Waals surface area contributed by atoms with Gasteiger partial charge in [-0.05, 0) is 93.7 Å². The Balaban J connectivity index is 1.13. The van der Waals surface area contributed by atoms with Crippen LogP contribution in [0.4, 0.5) is 11.4 Å². The second-order valence-electron chi connectivity index (χ2n) is 9.81. The van der Waals surface area contributed by atoms with Gasteiger partial charge in [0.05, 0.1) is 16.3 Å². The van der Waals surface area contributed by atoms with Crippen molar-refractivity contribution >= 4 is 38.8 Å². The molecule has 6 nitrogen and oxygen atoms in total. The van der Waals surface area contributed by atoms with Gasteiger partial charge in [0, 0.05) is 49.0 Å². The highest BCUT2D eigenvalue weighted by atomic mass is 32.1. The van der Waals surface area contributed by atoms with Crippen LogP contribution in [0.25, 0.3) is 20.8 Å². The summed E-state index contributed by atoms with van der Waals surface area (Å²) in [4.78, 5) is 26.4. The minimum atomic E-state index is -0.199. The van der Waals surface area contributed by atoms with Crippen LogP contribution in [0.3, 0.4) is 0 Å². The average molecular weight is 500 g/mol. The van der Waals surface area contributed by atoms with Gasteiger partial charge in [0.2, 0.25) is 5.91 Å². The number of hydrogen-bond acceptors (Lipinski definition) is 6. The van der Waals surface area contributed by atoms with E-state index in [4.69, 9.17) is 4.98 Å². The molecule has 36 heavy (non-hydrogen) atoms. The number of carbonyl (C=O) groups is 1. The van der Waals surface area contributed by atoms with Crippen LogP contribution in [-0.2, 0) is 4.79 Å². The molecule has 2 aromatic carbocycles. The lowest BCUT2D eigenvalue weighted by atomic mass is 9.95. The molecule has 0 spiro atoms. The molecule has 3 heterocycles. The van der Waals surface area contributed by atoms with E-state index in [0.717, 1.165) is 54.3 Å². The Labute approximate surface area is 217 Å². The molecule has 1 unspecified atom stereocenters. The third-order valence-electron chi connectivity index (χ3n) is 7.17. The molecule has 1 saturated heterocycles. The van der Waals surface area contributed by atoms with Crippen LogP contribution in [-0.4, -0.2) is 53.5 Å². The second kappa shape index (κ2) is 10.8. The SMILES string of the molecule is Cc1ccc2nc(-c3ccc(NC(=O)C(C)N(C)CC4CCN(c5ccncc5)CC4)cc3)sc2c1. The maximum atomic E-state index is 13.0. The van der Waals surface area contributed by atoms with Crippen molar-refractivity contribution < 1.29 is 4.79 Å². The quantitative estimate of drug-likeness (QED) is 0.346. The molecule has 1 amide bonds. The van der Waals surface area contributed by atoms with Crippen LogP contribution >= 0.6 is 11.3 Å². The van der Waals surface area contributed by atoms with Crippen LogP contribution in [0, 0.1) is 12.8 Å². The van der Waals surface area contributed by atoms with Crippen molar-refractivity contribution in [2.24, 2.45) is 5.92 Å². The van der Waals surface area contributed by atoms with E-state index in [0.29, 0.717) is 5.92 Å². The maximum absolute atomic E-state index is 13.0. The van der Waals surface area contributed by atoms with Gasteiger partial charge in [-0.15, -0.1) is 11.3 Å². The van der Waals surface area contributed by atoms with Gasteiger partial charge in [0.15, 0.2) is 0 Å². The number of anilines is 2. The number of piperidine rings is 1. The summed E-state index contributed by atoms with van der Waals surface area (Å²) >= 11 is 1.70. The number of carbonyl (C=O) groups excluding carboxylic acids is 1. The van der Waals surface area contributed by atoms with Crippen molar-refractivity contribution in [1.82, 2.24) is 14.9 Å². The molecule has 4 aromatic rings. The van der Waals surface area contributed by atoms with E-state index in [2.05, 4.69) is 64.4 Å². The monoisotopic (exact) mass is 499 g/mol. The first-order valence-corrected chi connectivity index (χ1v) is 13.4. The van der Waals surface area contributed by atoms with Crippen molar-refractivity contribution in [3.05, 3.63) is 72.6 Å². The number of nitrogens with one attached hydrogen (secondary N) is 1. The fourth-order valence-electron chi connectivity index (χ4n) is 4.79. The Hall–Kier alpha value is -3.29. The maximum Gasteiger partial charge on any atom is 0.241 e. The lowest BCUT2D eigenvalue weighted by molar-refractivity contribution is -0.120. The highest BCUT2D eigenvalue weighted by molar-refractivity contribution is 7.21. The zero-order valence-corrected chi connectivity index (χ0v) is 22.0. The Kier molecular flexibility index (Phi) is 7.30. The van der Waals surface area contributed by atoms with Crippen molar-refractivity contribution in [1.29, 1.82) is 0 Å². The third-order valence-corrected chi connectivity index (χ3v) is 8.24. The number of amides is 1. The summed E-state index contributed by atoms with van der Waals surface area (Å²) in [6, 6.07) is 18.3. The fourth-order valence-corrected chi connectivity index (χ4v) is 5.86. The van der Waals surface area contributed by atoms with E-state index in [1.54, 1.807) is 11.3 Å². The molecule has 0 radical (unpaired) electrons. The molecule has 5 rings (SSSR count). The van der Waals surface area contributed by atoms with Crippen molar-refractivity contribution in [2.45, 2.75) is 32.7 Å². The van der Waals surface area contributed by atoms with Crippen LogP contribution in [0.15, 0.2) is 67.0 Å². The summed E-state index contributed by atoms with van der Waals surface area (Å²) in [7, 11) is 2.05. The zero-order chi connectivity index (χ0) is 25.1. The van der Waals surface area contributed by atoms with Gasteiger partial charge in [-0.2, -0.15) is 0 Å². The lowest BCUT2D eigenvalue weighted by Crippen LogP contribution is -2.44. The minimum absolute atomic E-state index is 0.0231. The first-order valence-electron chi connectivity index (χ1n) is 12.6. The van der Waals surface area contributed by atoms with E-state index >= 15 is 0 Å². The second-order valence-corrected chi connectivity index (χ2v) is 10.8. The van der Waals surface area contributed by atoms with E-state index < -0.39 is 0 Å². The minimum Gasteiger partial charge on any atom is -0.371 e. The van der Waals surface area contributed by atoms with Gasteiger partial charge in [-0.1, -0.05) is 6.07 Å². The summed E-state index contributed by atoms with van der Waals surface area (Å²) < 4.78 is 1.20. The number of nitrogens with zero attached hydrogens (tertiary/aromatic N) is 4. The van der Waals surface area contributed by atoms with Gasteiger partial charge < -0.3 is 10.2 Å². The molecule has 2 aromatic heterocycles. The van der Waals surface area contributed by atoms with Crippen molar-refractivity contribution in [3.8, 4) is 10.6 Å². The number of rotatable bonds is 7. The van der Waals surface area contributed by atoms with Crippen LogP contribution in [0.5, 0.6) is 0 Å².